The Kier molecular flexibility index (Phi) is 3.08. The minimum absolute atomic E-state index is 0.267. The minimum Gasteiger partial charge on any atom is -0.374 e. The van der Waals surface area contributed by atoms with Gasteiger partial charge in [-0.3, -0.25) is 11.3 Å². The number of ether oxygens (including phenoxy) is 1. The van der Waals surface area contributed by atoms with Crippen molar-refractivity contribution in [1.29, 1.82) is 0 Å². The van der Waals surface area contributed by atoms with Crippen LogP contribution in [-0.2, 0) is 4.74 Å². The molecule has 0 aromatic carbocycles. The summed E-state index contributed by atoms with van der Waals surface area (Å²) in [5.41, 5.74) is 2.61. The van der Waals surface area contributed by atoms with Gasteiger partial charge in [-0.05, 0) is 7.05 Å². The molecule has 1 rings (SSSR count). The van der Waals surface area contributed by atoms with Gasteiger partial charge in [0.2, 0.25) is 0 Å². The highest BCUT2D eigenvalue weighted by atomic mass is 16.5. The molecule has 1 aliphatic heterocycles. The van der Waals surface area contributed by atoms with Gasteiger partial charge < -0.3 is 9.64 Å². The van der Waals surface area contributed by atoms with E-state index in [0.29, 0.717) is 0 Å². The SMILES string of the molecule is CN1CCOC(CNN)C1. The van der Waals surface area contributed by atoms with Crippen molar-refractivity contribution in [2.45, 2.75) is 6.10 Å². The first kappa shape index (κ1) is 7.94. The van der Waals surface area contributed by atoms with Gasteiger partial charge in [-0.2, -0.15) is 0 Å². The fraction of sp³-hybridized carbons (Fsp3) is 1.00. The zero-order valence-corrected chi connectivity index (χ0v) is 6.34. The van der Waals surface area contributed by atoms with Gasteiger partial charge in [0.1, 0.15) is 0 Å². The normalized spacial score (nSPS) is 28.8. The lowest BCUT2D eigenvalue weighted by atomic mass is 10.3. The molecule has 0 amide bonds. The van der Waals surface area contributed by atoms with Crippen LogP contribution in [0.1, 0.15) is 0 Å². The van der Waals surface area contributed by atoms with Gasteiger partial charge in [-0.15, -0.1) is 0 Å². The molecule has 4 nitrogen and oxygen atoms in total. The van der Waals surface area contributed by atoms with Crippen LogP contribution < -0.4 is 11.3 Å². The summed E-state index contributed by atoms with van der Waals surface area (Å²) in [4.78, 5) is 2.24. The largest absolute Gasteiger partial charge is 0.374 e. The summed E-state index contributed by atoms with van der Waals surface area (Å²) in [6.45, 7) is 3.57. The van der Waals surface area contributed by atoms with E-state index in [1.54, 1.807) is 0 Å². The van der Waals surface area contributed by atoms with Crippen LogP contribution in [0.15, 0.2) is 0 Å². The Morgan fingerprint density at radius 1 is 1.80 bits per heavy atom. The average molecular weight is 145 g/mol. The average Bonchev–Trinajstić information content (AvgIpc) is 1.88. The fourth-order valence-corrected chi connectivity index (χ4v) is 1.12. The molecule has 1 heterocycles. The molecule has 0 aliphatic carbocycles. The molecule has 1 aliphatic rings. The Bertz CT molecular complexity index is 97.0. The van der Waals surface area contributed by atoms with Gasteiger partial charge in [0.05, 0.1) is 12.7 Å². The Hall–Kier alpha value is -0.160. The number of hydrogen-bond acceptors (Lipinski definition) is 4. The molecule has 0 radical (unpaired) electrons. The third kappa shape index (κ3) is 2.22. The van der Waals surface area contributed by atoms with Crippen molar-refractivity contribution >= 4 is 0 Å². The number of rotatable bonds is 2. The van der Waals surface area contributed by atoms with Crippen molar-refractivity contribution in [2.24, 2.45) is 5.84 Å². The molecule has 10 heavy (non-hydrogen) atoms. The van der Waals surface area contributed by atoms with Crippen molar-refractivity contribution < 1.29 is 4.74 Å². The number of hydrogen-bond donors (Lipinski definition) is 2. The Morgan fingerprint density at radius 2 is 2.60 bits per heavy atom. The lowest BCUT2D eigenvalue weighted by Crippen LogP contribution is -2.46. The summed E-state index contributed by atoms with van der Waals surface area (Å²) in [6.07, 6.45) is 0.267. The highest BCUT2D eigenvalue weighted by Crippen LogP contribution is 2.00. The monoisotopic (exact) mass is 145 g/mol. The molecule has 60 valence electrons. The molecular weight excluding hydrogens is 130 g/mol. The second-order valence-corrected chi connectivity index (χ2v) is 2.66. The standard InChI is InChI=1S/C6H15N3O/c1-9-2-3-10-6(5-9)4-8-7/h6,8H,2-5,7H2,1H3. The topological polar surface area (TPSA) is 50.5 Å². The third-order valence-corrected chi connectivity index (χ3v) is 1.69. The van der Waals surface area contributed by atoms with Crippen molar-refractivity contribution in [3.05, 3.63) is 0 Å². The summed E-state index contributed by atoms with van der Waals surface area (Å²) in [5.74, 6) is 5.16. The molecule has 0 saturated carbocycles. The molecule has 0 spiro atoms. The predicted molar refractivity (Wildman–Crippen MR) is 39.4 cm³/mol. The first-order valence-electron chi connectivity index (χ1n) is 3.56. The quantitative estimate of drug-likeness (QED) is 0.378. The van der Waals surface area contributed by atoms with Crippen molar-refractivity contribution in [2.75, 3.05) is 33.3 Å². The maximum atomic E-state index is 5.40. The molecule has 1 atom stereocenters. The van der Waals surface area contributed by atoms with Crippen LogP contribution in [0.25, 0.3) is 0 Å². The number of morpholine rings is 1. The lowest BCUT2D eigenvalue weighted by molar-refractivity contribution is -0.0180. The third-order valence-electron chi connectivity index (χ3n) is 1.69. The van der Waals surface area contributed by atoms with E-state index < -0.39 is 0 Å². The molecular formula is C6H15N3O. The molecule has 0 aromatic rings. The molecule has 4 heteroatoms. The highest BCUT2D eigenvalue weighted by Gasteiger charge is 2.15. The zero-order valence-electron chi connectivity index (χ0n) is 6.34. The summed E-state index contributed by atoms with van der Waals surface area (Å²) < 4.78 is 5.40. The van der Waals surface area contributed by atoms with E-state index in [9.17, 15) is 0 Å². The van der Waals surface area contributed by atoms with E-state index >= 15 is 0 Å². The van der Waals surface area contributed by atoms with Crippen LogP contribution in [0.4, 0.5) is 0 Å². The van der Waals surface area contributed by atoms with E-state index in [4.69, 9.17) is 10.6 Å². The Labute approximate surface area is 61.3 Å². The zero-order chi connectivity index (χ0) is 7.40. The Balaban J connectivity index is 2.18. The van der Waals surface area contributed by atoms with E-state index in [1.807, 2.05) is 0 Å². The van der Waals surface area contributed by atoms with Crippen molar-refractivity contribution in [1.82, 2.24) is 10.3 Å². The summed E-state index contributed by atoms with van der Waals surface area (Å²) >= 11 is 0. The maximum Gasteiger partial charge on any atom is 0.0840 e. The second kappa shape index (κ2) is 3.88. The second-order valence-electron chi connectivity index (χ2n) is 2.66. The van der Waals surface area contributed by atoms with Gasteiger partial charge >= 0.3 is 0 Å². The first-order chi connectivity index (χ1) is 4.83. The van der Waals surface area contributed by atoms with Crippen LogP contribution in [0.3, 0.4) is 0 Å². The summed E-state index contributed by atoms with van der Waals surface area (Å²) in [7, 11) is 2.09. The lowest BCUT2D eigenvalue weighted by Gasteiger charge is -2.29. The molecule has 1 unspecified atom stereocenters. The molecule has 0 bridgehead atoms. The Morgan fingerprint density at radius 3 is 3.20 bits per heavy atom. The van der Waals surface area contributed by atoms with E-state index in [1.165, 1.54) is 0 Å². The molecule has 0 aromatic heterocycles. The van der Waals surface area contributed by atoms with Crippen molar-refractivity contribution in [3.63, 3.8) is 0 Å². The highest BCUT2D eigenvalue weighted by molar-refractivity contribution is 4.69. The number of likely N-dealkylation sites (N-methyl/N-ethyl adjacent to an activating group) is 1. The van der Waals surface area contributed by atoms with E-state index in [0.717, 1.165) is 26.2 Å². The van der Waals surface area contributed by atoms with Crippen molar-refractivity contribution in [3.8, 4) is 0 Å². The number of nitrogens with zero attached hydrogens (tertiary/aromatic N) is 1. The van der Waals surface area contributed by atoms with Crippen LogP contribution in [0, 0.1) is 0 Å². The molecule has 1 saturated heterocycles. The molecule has 1 fully saturated rings. The van der Waals surface area contributed by atoms with Gasteiger partial charge in [0, 0.05) is 19.6 Å². The van der Waals surface area contributed by atoms with Crippen LogP contribution in [0.5, 0.6) is 0 Å². The summed E-state index contributed by atoms with van der Waals surface area (Å²) in [6, 6.07) is 0. The van der Waals surface area contributed by atoms with E-state index in [-0.39, 0.29) is 6.10 Å². The predicted octanol–water partition coefficient (Wildman–Crippen LogP) is -1.22. The molecule has 3 N–H and O–H groups in total. The summed E-state index contributed by atoms with van der Waals surface area (Å²) in [5, 5.41) is 0. The number of nitrogens with two attached hydrogens (primary N) is 1. The van der Waals surface area contributed by atoms with Gasteiger partial charge in [-0.1, -0.05) is 0 Å². The van der Waals surface area contributed by atoms with Crippen LogP contribution in [0.2, 0.25) is 0 Å². The van der Waals surface area contributed by atoms with Gasteiger partial charge in [0.25, 0.3) is 0 Å². The van der Waals surface area contributed by atoms with Crippen LogP contribution in [-0.4, -0.2) is 44.3 Å². The fourth-order valence-electron chi connectivity index (χ4n) is 1.12. The first-order valence-corrected chi connectivity index (χ1v) is 3.56. The number of nitrogens with one attached hydrogen (secondary N) is 1. The maximum absolute atomic E-state index is 5.40. The van der Waals surface area contributed by atoms with E-state index in [2.05, 4.69) is 17.4 Å². The number of hydrazine groups is 1. The minimum atomic E-state index is 0.267. The smallest absolute Gasteiger partial charge is 0.0840 e. The van der Waals surface area contributed by atoms with Crippen LogP contribution >= 0.6 is 0 Å². The van der Waals surface area contributed by atoms with Gasteiger partial charge in [0.15, 0.2) is 0 Å². The van der Waals surface area contributed by atoms with Gasteiger partial charge in [-0.25, -0.2) is 0 Å².